The van der Waals surface area contributed by atoms with Crippen LogP contribution in [0.4, 0.5) is 4.79 Å². The van der Waals surface area contributed by atoms with Gasteiger partial charge in [-0.2, -0.15) is 0 Å². The quantitative estimate of drug-likeness (QED) is 0.722. The second kappa shape index (κ2) is 7.99. The number of urea groups is 1. The van der Waals surface area contributed by atoms with E-state index >= 15 is 0 Å². The molecular weight excluding hydrogens is 266 g/mol. The number of aliphatic hydroxyl groups excluding tert-OH is 1. The molecular formula is C16H31N3O2. The van der Waals surface area contributed by atoms with E-state index in [4.69, 9.17) is 5.73 Å². The third kappa shape index (κ3) is 4.58. The Labute approximate surface area is 128 Å². The molecule has 0 aromatic rings. The first-order valence-corrected chi connectivity index (χ1v) is 8.50. The number of primary amides is 1. The van der Waals surface area contributed by atoms with Gasteiger partial charge >= 0.3 is 6.03 Å². The van der Waals surface area contributed by atoms with E-state index in [1.165, 1.54) is 6.42 Å². The normalized spacial score (nSPS) is 31.9. The van der Waals surface area contributed by atoms with Crippen molar-refractivity contribution in [3.63, 3.8) is 0 Å². The fourth-order valence-corrected chi connectivity index (χ4v) is 4.17. The molecule has 0 spiro atoms. The molecule has 2 rings (SSSR count). The number of amides is 2. The molecule has 21 heavy (non-hydrogen) atoms. The Bertz CT molecular complexity index is 329. The average Bonchev–Trinajstić information content (AvgIpc) is 2.49. The van der Waals surface area contributed by atoms with Crippen LogP contribution in [-0.4, -0.2) is 48.3 Å². The Morgan fingerprint density at radius 3 is 2.62 bits per heavy atom. The van der Waals surface area contributed by atoms with E-state index in [0.717, 1.165) is 58.0 Å². The summed E-state index contributed by atoms with van der Waals surface area (Å²) in [6.45, 7) is 1.75. The van der Waals surface area contributed by atoms with Gasteiger partial charge in [-0.1, -0.05) is 0 Å². The molecule has 1 saturated carbocycles. The maximum absolute atomic E-state index is 11.7. The van der Waals surface area contributed by atoms with E-state index in [1.807, 2.05) is 11.9 Å². The molecule has 1 aliphatic carbocycles. The summed E-state index contributed by atoms with van der Waals surface area (Å²) in [6, 6.07) is 0.0235. The van der Waals surface area contributed by atoms with Crippen LogP contribution in [0.3, 0.4) is 0 Å². The number of hydrogen-bond donors (Lipinski definition) is 3. The summed E-state index contributed by atoms with van der Waals surface area (Å²) in [5.74, 6) is 1.16. The molecule has 5 nitrogen and oxygen atoms in total. The number of aliphatic hydroxyl groups is 1. The largest absolute Gasteiger partial charge is 0.393 e. The van der Waals surface area contributed by atoms with Gasteiger partial charge in [0.2, 0.25) is 0 Å². The van der Waals surface area contributed by atoms with Gasteiger partial charge in [-0.25, -0.2) is 4.79 Å². The number of carbonyl (C=O) groups is 1. The summed E-state index contributed by atoms with van der Waals surface area (Å²) in [7, 11) is 1.98. The monoisotopic (exact) mass is 297 g/mol. The molecule has 1 saturated heterocycles. The number of hydrogen-bond acceptors (Lipinski definition) is 3. The van der Waals surface area contributed by atoms with Crippen LogP contribution in [0.5, 0.6) is 0 Å². The van der Waals surface area contributed by atoms with Crippen molar-refractivity contribution in [1.29, 1.82) is 0 Å². The van der Waals surface area contributed by atoms with E-state index in [9.17, 15) is 9.90 Å². The Morgan fingerprint density at radius 2 is 2.00 bits per heavy atom. The average molecular weight is 297 g/mol. The highest BCUT2D eigenvalue weighted by Gasteiger charge is 2.33. The molecule has 2 aliphatic rings. The van der Waals surface area contributed by atoms with Gasteiger partial charge in [-0.3, -0.25) is 0 Å². The SMILES string of the molecule is CNCC(CC1CCC(O)CC1)C1CCCCN1C(N)=O. The molecule has 2 fully saturated rings. The van der Waals surface area contributed by atoms with Crippen LogP contribution in [0, 0.1) is 11.8 Å². The van der Waals surface area contributed by atoms with Crippen molar-refractivity contribution in [3.8, 4) is 0 Å². The van der Waals surface area contributed by atoms with E-state index in [1.54, 1.807) is 0 Å². The molecule has 2 atom stereocenters. The van der Waals surface area contributed by atoms with Gasteiger partial charge in [0.15, 0.2) is 0 Å². The van der Waals surface area contributed by atoms with Crippen LogP contribution in [0.15, 0.2) is 0 Å². The van der Waals surface area contributed by atoms with E-state index < -0.39 is 0 Å². The van der Waals surface area contributed by atoms with E-state index in [-0.39, 0.29) is 18.2 Å². The highest BCUT2D eigenvalue weighted by molar-refractivity contribution is 5.72. The summed E-state index contributed by atoms with van der Waals surface area (Å²) in [4.78, 5) is 13.6. The third-order valence-corrected chi connectivity index (χ3v) is 5.30. The predicted octanol–water partition coefficient (Wildman–Crippen LogP) is 1.70. The van der Waals surface area contributed by atoms with Crippen molar-refractivity contribution in [1.82, 2.24) is 10.2 Å². The first kappa shape index (κ1) is 16.6. The van der Waals surface area contributed by atoms with Crippen LogP contribution in [0.1, 0.15) is 51.4 Å². The molecule has 1 aliphatic heterocycles. The second-order valence-corrected chi connectivity index (χ2v) is 6.82. The van der Waals surface area contributed by atoms with Crippen LogP contribution >= 0.6 is 0 Å². The van der Waals surface area contributed by atoms with Gasteiger partial charge in [0.05, 0.1) is 6.10 Å². The van der Waals surface area contributed by atoms with Gasteiger partial charge in [-0.05, 0) is 76.8 Å². The highest BCUT2D eigenvalue weighted by atomic mass is 16.3. The smallest absolute Gasteiger partial charge is 0.315 e. The molecule has 2 unspecified atom stereocenters. The van der Waals surface area contributed by atoms with Gasteiger partial charge in [0.1, 0.15) is 0 Å². The minimum Gasteiger partial charge on any atom is -0.393 e. The minimum atomic E-state index is -0.264. The van der Waals surface area contributed by atoms with Crippen LogP contribution in [0.2, 0.25) is 0 Å². The maximum atomic E-state index is 11.7. The number of nitrogens with zero attached hydrogens (tertiary/aromatic N) is 1. The minimum absolute atomic E-state index is 0.0965. The van der Waals surface area contributed by atoms with Crippen molar-refractivity contribution in [3.05, 3.63) is 0 Å². The number of rotatable bonds is 5. The molecule has 122 valence electrons. The molecule has 0 bridgehead atoms. The number of nitrogens with one attached hydrogen (secondary N) is 1. The van der Waals surface area contributed by atoms with Gasteiger partial charge in [0.25, 0.3) is 0 Å². The lowest BCUT2D eigenvalue weighted by atomic mass is 9.77. The second-order valence-electron chi connectivity index (χ2n) is 6.82. The van der Waals surface area contributed by atoms with Crippen molar-refractivity contribution >= 4 is 6.03 Å². The van der Waals surface area contributed by atoms with Crippen molar-refractivity contribution in [2.45, 2.75) is 63.5 Å². The zero-order valence-corrected chi connectivity index (χ0v) is 13.3. The molecule has 5 heteroatoms. The summed E-state index contributed by atoms with van der Waals surface area (Å²) in [5.41, 5.74) is 5.58. The van der Waals surface area contributed by atoms with Gasteiger partial charge in [-0.15, -0.1) is 0 Å². The lowest BCUT2D eigenvalue weighted by Crippen LogP contribution is -2.52. The van der Waals surface area contributed by atoms with Crippen molar-refractivity contribution in [2.24, 2.45) is 17.6 Å². The summed E-state index contributed by atoms with van der Waals surface area (Å²) >= 11 is 0. The van der Waals surface area contributed by atoms with Crippen molar-refractivity contribution in [2.75, 3.05) is 20.1 Å². The Morgan fingerprint density at radius 1 is 1.29 bits per heavy atom. The number of carbonyl (C=O) groups excluding carboxylic acids is 1. The molecule has 0 radical (unpaired) electrons. The fourth-order valence-electron chi connectivity index (χ4n) is 4.17. The van der Waals surface area contributed by atoms with Gasteiger partial charge in [0, 0.05) is 12.6 Å². The lowest BCUT2D eigenvalue weighted by Gasteiger charge is -2.41. The number of piperidine rings is 1. The highest BCUT2D eigenvalue weighted by Crippen LogP contribution is 2.33. The Kier molecular flexibility index (Phi) is 6.30. The first-order valence-electron chi connectivity index (χ1n) is 8.50. The zero-order valence-electron chi connectivity index (χ0n) is 13.3. The molecule has 0 aromatic carbocycles. The molecule has 1 heterocycles. The summed E-state index contributed by atoms with van der Waals surface area (Å²) in [5, 5.41) is 12.9. The molecule has 2 amide bonds. The number of likely N-dealkylation sites (tertiary alicyclic amines) is 1. The zero-order chi connectivity index (χ0) is 15.2. The topological polar surface area (TPSA) is 78.6 Å². The van der Waals surface area contributed by atoms with Crippen molar-refractivity contribution < 1.29 is 9.90 Å². The standard InChI is InChI=1S/C16H31N3O2/c1-18-11-13(10-12-5-7-14(20)8-6-12)15-4-2-3-9-19(15)16(17)21/h12-15,18,20H,2-11H2,1H3,(H2,17,21). The fraction of sp³-hybridized carbons (Fsp3) is 0.938. The summed E-state index contributed by atoms with van der Waals surface area (Å²) < 4.78 is 0. The van der Waals surface area contributed by atoms with Crippen LogP contribution < -0.4 is 11.1 Å². The predicted molar refractivity (Wildman–Crippen MR) is 83.9 cm³/mol. The Hall–Kier alpha value is -0.810. The van der Waals surface area contributed by atoms with Crippen LogP contribution in [0.25, 0.3) is 0 Å². The summed E-state index contributed by atoms with van der Waals surface area (Å²) in [6.07, 6.45) is 8.48. The molecule has 0 aromatic heterocycles. The third-order valence-electron chi connectivity index (χ3n) is 5.30. The van der Waals surface area contributed by atoms with Crippen LogP contribution in [-0.2, 0) is 0 Å². The Balaban J connectivity index is 1.97. The first-order chi connectivity index (χ1) is 10.1. The maximum Gasteiger partial charge on any atom is 0.315 e. The lowest BCUT2D eigenvalue weighted by molar-refractivity contribution is 0.0813. The van der Waals surface area contributed by atoms with Gasteiger partial charge < -0.3 is 21.1 Å². The van der Waals surface area contributed by atoms with E-state index in [0.29, 0.717) is 11.8 Å². The molecule has 4 N–H and O–H groups in total. The number of nitrogens with two attached hydrogens (primary N) is 1. The van der Waals surface area contributed by atoms with E-state index in [2.05, 4.69) is 5.32 Å².